The summed E-state index contributed by atoms with van der Waals surface area (Å²) in [6.07, 6.45) is 1.13. The smallest absolute Gasteiger partial charge is 0.0454 e. The molecule has 0 bridgehead atoms. The Balaban J connectivity index is 1.95. The molecular formula is C16H16ClN. The Hall–Kier alpha value is -1.31. The van der Waals surface area contributed by atoms with E-state index < -0.39 is 0 Å². The highest BCUT2D eigenvalue weighted by Gasteiger charge is 2.33. The summed E-state index contributed by atoms with van der Waals surface area (Å²) < 4.78 is 0. The van der Waals surface area contributed by atoms with Crippen LogP contribution in [0.2, 0.25) is 5.02 Å². The quantitative estimate of drug-likeness (QED) is 0.878. The molecule has 2 heteroatoms. The molecule has 0 radical (unpaired) electrons. The molecule has 2 unspecified atom stereocenters. The largest absolute Gasteiger partial charge is 0.312 e. The SMILES string of the molecule is CNC(c1ccccc1Cl)C1Cc2ccccc21. The van der Waals surface area contributed by atoms with E-state index in [1.54, 1.807) is 0 Å². The average molecular weight is 258 g/mol. The van der Waals surface area contributed by atoms with Gasteiger partial charge in [-0.15, -0.1) is 0 Å². The summed E-state index contributed by atoms with van der Waals surface area (Å²) in [4.78, 5) is 0. The molecule has 1 nitrogen and oxygen atoms in total. The van der Waals surface area contributed by atoms with Crippen molar-refractivity contribution < 1.29 is 0 Å². The predicted molar refractivity (Wildman–Crippen MR) is 76.1 cm³/mol. The fourth-order valence-electron chi connectivity index (χ4n) is 2.90. The molecule has 0 spiro atoms. The van der Waals surface area contributed by atoms with Gasteiger partial charge in [-0.05, 0) is 36.2 Å². The first kappa shape index (κ1) is 11.8. The fourth-order valence-corrected chi connectivity index (χ4v) is 3.15. The summed E-state index contributed by atoms with van der Waals surface area (Å²) in [6, 6.07) is 17.1. The summed E-state index contributed by atoms with van der Waals surface area (Å²) in [6.45, 7) is 0. The topological polar surface area (TPSA) is 12.0 Å². The van der Waals surface area contributed by atoms with Gasteiger partial charge >= 0.3 is 0 Å². The first-order valence-electron chi connectivity index (χ1n) is 6.30. The fraction of sp³-hybridized carbons (Fsp3) is 0.250. The Morgan fingerprint density at radius 3 is 2.56 bits per heavy atom. The minimum absolute atomic E-state index is 0.300. The maximum atomic E-state index is 6.31. The van der Waals surface area contributed by atoms with E-state index in [0.717, 1.165) is 11.4 Å². The van der Waals surface area contributed by atoms with Crippen LogP contribution in [-0.4, -0.2) is 7.05 Å². The highest BCUT2D eigenvalue weighted by Crippen LogP contribution is 2.44. The second-order valence-electron chi connectivity index (χ2n) is 4.80. The van der Waals surface area contributed by atoms with Gasteiger partial charge in [-0.25, -0.2) is 0 Å². The van der Waals surface area contributed by atoms with Crippen LogP contribution in [0.5, 0.6) is 0 Å². The van der Waals surface area contributed by atoms with Gasteiger partial charge in [0.1, 0.15) is 0 Å². The summed E-state index contributed by atoms with van der Waals surface area (Å²) >= 11 is 6.31. The van der Waals surface area contributed by atoms with Gasteiger partial charge in [-0.2, -0.15) is 0 Å². The van der Waals surface area contributed by atoms with Gasteiger partial charge < -0.3 is 5.32 Å². The number of halogens is 1. The highest BCUT2D eigenvalue weighted by atomic mass is 35.5. The molecule has 0 heterocycles. The molecule has 0 aromatic heterocycles. The van der Waals surface area contributed by atoms with Crippen molar-refractivity contribution in [3.63, 3.8) is 0 Å². The lowest BCUT2D eigenvalue weighted by atomic mass is 9.72. The van der Waals surface area contributed by atoms with Gasteiger partial charge in [0.15, 0.2) is 0 Å². The number of hydrogen-bond donors (Lipinski definition) is 1. The maximum Gasteiger partial charge on any atom is 0.0454 e. The first-order valence-corrected chi connectivity index (χ1v) is 6.68. The van der Waals surface area contributed by atoms with Crippen LogP contribution in [0.4, 0.5) is 0 Å². The van der Waals surface area contributed by atoms with E-state index in [0.29, 0.717) is 12.0 Å². The molecule has 18 heavy (non-hydrogen) atoms. The number of rotatable bonds is 3. The lowest BCUT2D eigenvalue weighted by molar-refractivity contribution is 0.439. The third kappa shape index (κ3) is 1.84. The molecule has 0 aliphatic heterocycles. The van der Waals surface area contributed by atoms with Crippen LogP contribution in [0.15, 0.2) is 48.5 Å². The molecule has 1 N–H and O–H groups in total. The molecular weight excluding hydrogens is 242 g/mol. The Morgan fingerprint density at radius 1 is 1.11 bits per heavy atom. The monoisotopic (exact) mass is 257 g/mol. The molecule has 2 aromatic carbocycles. The van der Waals surface area contributed by atoms with Crippen LogP contribution >= 0.6 is 11.6 Å². The average Bonchev–Trinajstić information content (AvgIpc) is 2.37. The molecule has 3 rings (SSSR count). The van der Waals surface area contributed by atoms with E-state index >= 15 is 0 Å². The van der Waals surface area contributed by atoms with Gasteiger partial charge in [-0.3, -0.25) is 0 Å². The van der Waals surface area contributed by atoms with Crippen LogP contribution in [-0.2, 0) is 6.42 Å². The molecule has 0 fully saturated rings. The Morgan fingerprint density at radius 2 is 1.83 bits per heavy atom. The zero-order valence-electron chi connectivity index (χ0n) is 10.4. The summed E-state index contributed by atoms with van der Waals surface area (Å²) in [5.41, 5.74) is 4.12. The van der Waals surface area contributed by atoms with Crippen molar-refractivity contribution in [1.29, 1.82) is 0 Å². The highest BCUT2D eigenvalue weighted by molar-refractivity contribution is 6.31. The number of nitrogens with one attached hydrogen (secondary N) is 1. The molecule has 92 valence electrons. The van der Waals surface area contributed by atoms with Crippen molar-refractivity contribution in [3.05, 3.63) is 70.2 Å². The first-order chi connectivity index (χ1) is 8.81. The zero-order valence-corrected chi connectivity index (χ0v) is 11.1. The second kappa shape index (κ2) is 4.75. The van der Waals surface area contributed by atoms with Crippen molar-refractivity contribution in [2.75, 3.05) is 7.05 Å². The van der Waals surface area contributed by atoms with E-state index in [-0.39, 0.29) is 0 Å². The Labute approximate surface area is 113 Å². The van der Waals surface area contributed by atoms with E-state index in [4.69, 9.17) is 11.6 Å². The summed E-state index contributed by atoms with van der Waals surface area (Å²) in [7, 11) is 2.01. The normalized spacial score (nSPS) is 18.9. The third-order valence-corrected chi connectivity index (χ3v) is 4.19. The standard InChI is InChI=1S/C16H16ClN/c1-18-16(13-8-4-5-9-15(13)17)14-10-11-6-2-3-7-12(11)14/h2-9,14,16,18H,10H2,1H3. The van der Waals surface area contributed by atoms with Gasteiger partial charge in [0, 0.05) is 17.0 Å². The number of hydrogen-bond acceptors (Lipinski definition) is 1. The van der Waals surface area contributed by atoms with Crippen LogP contribution in [0.3, 0.4) is 0 Å². The third-order valence-electron chi connectivity index (χ3n) is 3.85. The predicted octanol–water partition coefficient (Wildman–Crippen LogP) is 3.94. The van der Waals surface area contributed by atoms with E-state index in [1.165, 1.54) is 16.7 Å². The van der Waals surface area contributed by atoms with Crippen molar-refractivity contribution in [2.24, 2.45) is 0 Å². The molecule has 1 aliphatic carbocycles. The van der Waals surface area contributed by atoms with Crippen LogP contribution in [0.25, 0.3) is 0 Å². The second-order valence-corrected chi connectivity index (χ2v) is 5.20. The lowest BCUT2D eigenvalue weighted by Crippen LogP contribution is -2.31. The maximum absolute atomic E-state index is 6.31. The van der Waals surface area contributed by atoms with Crippen molar-refractivity contribution in [2.45, 2.75) is 18.4 Å². The Bertz CT molecular complexity index is 565. The van der Waals surface area contributed by atoms with E-state index in [1.807, 2.05) is 19.2 Å². The van der Waals surface area contributed by atoms with Crippen molar-refractivity contribution in [3.8, 4) is 0 Å². The van der Waals surface area contributed by atoms with Crippen molar-refractivity contribution in [1.82, 2.24) is 5.32 Å². The Kier molecular flexibility index (Phi) is 3.11. The minimum atomic E-state index is 0.300. The number of likely N-dealkylation sites (N-methyl/N-ethyl adjacent to an activating group) is 1. The zero-order chi connectivity index (χ0) is 12.5. The molecule has 0 saturated heterocycles. The van der Waals surface area contributed by atoms with Crippen LogP contribution < -0.4 is 5.32 Å². The van der Waals surface area contributed by atoms with Crippen LogP contribution in [0, 0.1) is 0 Å². The van der Waals surface area contributed by atoms with Crippen molar-refractivity contribution >= 4 is 11.6 Å². The van der Waals surface area contributed by atoms with E-state index in [2.05, 4.69) is 41.7 Å². The molecule has 2 atom stereocenters. The van der Waals surface area contributed by atoms with Crippen LogP contribution in [0.1, 0.15) is 28.7 Å². The summed E-state index contributed by atoms with van der Waals surface area (Å²) in [5, 5.41) is 4.27. The molecule has 2 aromatic rings. The molecule has 1 aliphatic rings. The number of fused-ring (bicyclic) bond motifs is 1. The minimum Gasteiger partial charge on any atom is -0.312 e. The number of benzene rings is 2. The van der Waals surface area contributed by atoms with Gasteiger partial charge in [0.05, 0.1) is 0 Å². The summed E-state index contributed by atoms with van der Waals surface area (Å²) in [5.74, 6) is 0.533. The van der Waals surface area contributed by atoms with E-state index in [9.17, 15) is 0 Å². The molecule has 0 saturated carbocycles. The van der Waals surface area contributed by atoms with Gasteiger partial charge in [0.25, 0.3) is 0 Å². The van der Waals surface area contributed by atoms with Gasteiger partial charge in [-0.1, -0.05) is 54.1 Å². The molecule has 0 amide bonds. The van der Waals surface area contributed by atoms with Gasteiger partial charge in [0.2, 0.25) is 0 Å². The lowest BCUT2D eigenvalue weighted by Gasteiger charge is -2.37.